The van der Waals surface area contributed by atoms with E-state index in [1.165, 1.54) is 0 Å². The van der Waals surface area contributed by atoms with Gasteiger partial charge in [-0.15, -0.1) is 0 Å². The number of rotatable bonds is 4. The molecule has 1 atom stereocenters. The zero-order valence-electron chi connectivity index (χ0n) is 11.3. The Hall–Kier alpha value is -2.04. The van der Waals surface area contributed by atoms with E-state index in [1.807, 2.05) is 31.2 Å². The highest BCUT2D eigenvalue weighted by Crippen LogP contribution is 2.24. The molecule has 0 aromatic heterocycles. The number of benzene rings is 1. The monoisotopic (exact) mass is 261 g/mol. The van der Waals surface area contributed by atoms with Crippen LogP contribution in [-0.4, -0.2) is 42.9 Å². The second-order valence-corrected chi connectivity index (χ2v) is 4.68. The molecule has 0 radical (unpaired) electrons. The van der Waals surface area contributed by atoms with E-state index >= 15 is 0 Å². The standard InChI is InChI=1S/C14H19N3O2/c1-3-17(2)13(18)9-15-14(19)12-8-10-6-4-5-7-11(10)16-12/h4-7,12,16H,3,8-9H2,1-2H3,(H,15,19)/t12-/m0/s1. The highest BCUT2D eigenvalue weighted by atomic mass is 16.2. The van der Waals surface area contributed by atoms with E-state index in [0.717, 1.165) is 11.3 Å². The molecule has 0 unspecified atom stereocenters. The molecule has 1 aliphatic heterocycles. The third-order valence-corrected chi connectivity index (χ3v) is 3.40. The minimum atomic E-state index is -0.280. The number of carbonyl (C=O) groups excluding carboxylic acids is 2. The van der Waals surface area contributed by atoms with Crippen molar-refractivity contribution in [1.82, 2.24) is 10.2 Å². The van der Waals surface area contributed by atoms with Gasteiger partial charge in [-0.05, 0) is 18.6 Å². The molecule has 0 saturated heterocycles. The Morgan fingerprint density at radius 3 is 2.84 bits per heavy atom. The number of hydrogen-bond acceptors (Lipinski definition) is 3. The van der Waals surface area contributed by atoms with Gasteiger partial charge in [0.1, 0.15) is 6.04 Å². The van der Waals surface area contributed by atoms with Crippen LogP contribution in [-0.2, 0) is 16.0 Å². The van der Waals surface area contributed by atoms with Gasteiger partial charge in [0.15, 0.2) is 0 Å². The number of fused-ring (bicyclic) bond motifs is 1. The Balaban J connectivity index is 1.85. The van der Waals surface area contributed by atoms with E-state index < -0.39 is 0 Å². The first-order chi connectivity index (χ1) is 9.11. The lowest BCUT2D eigenvalue weighted by Crippen LogP contribution is -2.44. The van der Waals surface area contributed by atoms with Crippen LogP contribution in [0.2, 0.25) is 0 Å². The van der Waals surface area contributed by atoms with Gasteiger partial charge in [0, 0.05) is 25.7 Å². The lowest BCUT2D eigenvalue weighted by molar-refractivity contribution is -0.131. The molecule has 1 heterocycles. The van der Waals surface area contributed by atoms with Crippen molar-refractivity contribution in [1.29, 1.82) is 0 Å². The fourth-order valence-corrected chi connectivity index (χ4v) is 2.05. The lowest BCUT2D eigenvalue weighted by Gasteiger charge is -2.16. The molecule has 1 aromatic rings. The van der Waals surface area contributed by atoms with Gasteiger partial charge in [-0.1, -0.05) is 18.2 Å². The summed E-state index contributed by atoms with van der Waals surface area (Å²) in [5.74, 6) is -0.208. The summed E-state index contributed by atoms with van der Waals surface area (Å²) in [6.07, 6.45) is 0.666. The molecular formula is C14H19N3O2. The van der Waals surface area contributed by atoms with Gasteiger partial charge in [-0.3, -0.25) is 9.59 Å². The molecule has 102 valence electrons. The maximum Gasteiger partial charge on any atom is 0.243 e. The number of nitrogens with one attached hydrogen (secondary N) is 2. The molecule has 2 amide bonds. The molecule has 5 nitrogen and oxygen atoms in total. The predicted molar refractivity (Wildman–Crippen MR) is 73.9 cm³/mol. The quantitative estimate of drug-likeness (QED) is 0.835. The molecule has 19 heavy (non-hydrogen) atoms. The first-order valence-corrected chi connectivity index (χ1v) is 6.48. The van der Waals surface area contributed by atoms with Crippen LogP contribution in [0.4, 0.5) is 5.69 Å². The third kappa shape index (κ3) is 3.05. The van der Waals surface area contributed by atoms with Crippen LogP contribution in [0, 0.1) is 0 Å². The van der Waals surface area contributed by atoms with Gasteiger partial charge in [-0.25, -0.2) is 0 Å². The van der Waals surface area contributed by atoms with Gasteiger partial charge in [0.25, 0.3) is 0 Å². The van der Waals surface area contributed by atoms with E-state index in [4.69, 9.17) is 0 Å². The third-order valence-electron chi connectivity index (χ3n) is 3.40. The number of likely N-dealkylation sites (N-methyl/N-ethyl adjacent to an activating group) is 1. The average Bonchev–Trinajstić information content (AvgIpc) is 2.87. The Kier molecular flexibility index (Phi) is 4.04. The van der Waals surface area contributed by atoms with Gasteiger partial charge in [-0.2, -0.15) is 0 Å². The largest absolute Gasteiger partial charge is 0.373 e. The summed E-state index contributed by atoms with van der Waals surface area (Å²) < 4.78 is 0. The summed E-state index contributed by atoms with van der Waals surface area (Å²) in [6.45, 7) is 2.59. The van der Waals surface area contributed by atoms with Gasteiger partial charge in [0.05, 0.1) is 6.54 Å². The maximum absolute atomic E-state index is 12.0. The second kappa shape index (κ2) is 5.73. The molecule has 0 saturated carbocycles. The Bertz CT molecular complexity index is 462. The van der Waals surface area contributed by atoms with Crippen molar-refractivity contribution in [3.63, 3.8) is 0 Å². The van der Waals surface area contributed by atoms with Crippen LogP contribution in [0.1, 0.15) is 12.5 Å². The van der Waals surface area contributed by atoms with Crippen molar-refractivity contribution < 1.29 is 9.59 Å². The minimum Gasteiger partial charge on any atom is -0.373 e. The molecule has 5 heteroatoms. The summed E-state index contributed by atoms with van der Waals surface area (Å²) in [5.41, 5.74) is 2.14. The van der Waals surface area contributed by atoms with Gasteiger partial charge >= 0.3 is 0 Å². The van der Waals surface area contributed by atoms with Gasteiger partial charge < -0.3 is 15.5 Å². The van der Waals surface area contributed by atoms with E-state index in [1.54, 1.807) is 11.9 Å². The summed E-state index contributed by atoms with van der Waals surface area (Å²) in [4.78, 5) is 25.2. The van der Waals surface area contributed by atoms with Crippen molar-refractivity contribution in [3.8, 4) is 0 Å². The highest BCUT2D eigenvalue weighted by Gasteiger charge is 2.26. The van der Waals surface area contributed by atoms with Crippen LogP contribution < -0.4 is 10.6 Å². The van der Waals surface area contributed by atoms with Crippen molar-refractivity contribution in [2.24, 2.45) is 0 Å². The Labute approximate surface area is 113 Å². The maximum atomic E-state index is 12.0. The number of anilines is 1. The van der Waals surface area contributed by atoms with E-state index in [9.17, 15) is 9.59 Å². The molecule has 1 aromatic carbocycles. The molecule has 0 aliphatic carbocycles. The topological polar surface area (TPSA) is 61.4 Å². The van der Waals surface area contributed by atoms with Crippen LogP contribution in [0.5, 0.6) is 0 Å². The van der Waals surface area contributed by atoms with E-state index in [-0.39, 0.29) is 24.4 Å². The first kappa shape index (κ1) is 13.4. The number of nitrogens with zero attached hydrogens (tertiary/aromatic N) is 1. The number of para-hydroxylation sites is 1. The van der Waals surface area contributed by atoms with E-state index in [0.29, 0.717) is 13.0 Å². The summed E-state index contributed by atoms with van der Waals surface area (Å²) in [5, 5.41) is 5.85. The molecule has 0 spiro atoms. The smallest absolute Gasteiger partial charge is 0.243 e. The molecule has 0 bridgehead atoms. The second-order valence-electron chi connectivity index (χ2n) is 4.68. The van der Waals surface area contributed by atoms with Crippen molar-refractivity contribution in [2.45, 2.75) is 19.4 Å². The first-order valence-electron chi connectivity index (χ1n) is 6.48. The molecule has 2 N–H and O–H groups in total. The number of amides is 2. The summed E-state index contributed by atoms with van der Waals surface area (Å²) in [6, 6.07) is 7.58. The normalized spacial score (nSPS) is 16.4. The van der Waals surface area contributed by atoms with Crippen molar-refractivity contribution >= 4 is 17.5 Å². The summed E-state index contributed by atoms with van der Waals surface area (Å²) >= 11 is 0. The number of carbonyl (C=O) groups is 2. The zero-order chi connectivity index (χ0) is 13.8. The Morgan fingerprint density at radius 2 is 2.16 bits per heavy atom. The number of hydrogen-bond donors (Lipinski definition) is 2. The fraction of sp³-hybridized carbons (Fsp3) is 0.429. The van der Waals surface area contributed by atoms with Crippen LogP contribution in [0.3, 0.4) is 0 Å². The van der Waals surface area contributed by atoms with Crippen LogP contribution in [0.15, 0.2) is 24.3 Å². The van der Waals surface area contributed by atoms with Crippen LogP contribution in [0.25, 0.3) is 0 Å². The average molecular weight is 261 g/mol. The summed E-state index contributed by atoms with van der Waals surface area (Å²) in [7, 11) is 1.72. The fourth-order valence-electron chi connectivity index (χ4n) is 2.05. The van der Waals surface area contributed by atoms with Gasteiger partial charge in [0.2, 0.25) is 11.8 Å². The Morgan fingerprint density at radius 1 is 1.42 bits per heavy atom. The molecule has 0 fully saturated rings. The van der Waals surface area contributed by atoms with Crippen molar-refractivity contribution in [3.05, 3.63) is 29.8 Å². The molecule has 1 aliphatic rings. The highest BCUT2D eigenvalue weighted by molar-refractivity contribution is 5.90. The predicted octanol–water partition coefficient (Wildman–Crippen LogP) is 0.618. The van der Waals surface area contributed by atoms with Crippen molar-refractivity contribution in [2.75, 3.05) is 25.5 Å². The van der Waals surface area contributed by atoms with Crippen LogP contribution >= 0.6 is 0 Å². The molecular weight excluding hydrogens is 242 g/mol. The minimum absolute atomic E-state index is 0.0533. The lowest BCUT2D eigenvalue weighted by atomic mass is 10.1. The molecule has 2 rings (SSSR count). The van der Waals surface area contributed by atoms with E-state index in [2.05, 4.69) is 10.6 Å². The zero-order valence-corrected chi connectivity index (χ0v) is 11.3. The SMILES string of the molecule is CCN(C)C(=O)CNC(=O)[C@@H]1Cc2ccccc2N1.